The summed E-state index contributed by atoms with van der Waals surface area (Å²) in [6.07, 6.45) is 0.667. The van der Waals surface area contributed by atoms with Gasteiger partial charge in [-0.25, -0.2) is 4.99 Å². The van der Waals surface area contributed by atoms with E-state index >= 15 is 0 Å². The van der Waals surface area contributed by atoms with Gasteiger partial charge in [0.05, 0.1) is 30.7 Å². The van der Waals surface area contributed by atoms with Crippen LogP contribution < -0.4 is 9.47 Å². The summed E-state index contributed by atoms with van der Waals surface area (Å²) in [7, 11) is 3.20. The first kappa shape index (κ1) is 19.9. The summed E-state index contributed by atoms with van der Waals surface area (Å²) in [5.74, 6) is 1.74. The van der Waals surface area contributed by atoms with Gasteiger partial charge in [0.1, 0.15) is 0 Å². The van der Waals surface area contributed by atoms with Crippen molar-refractivity contribution in [3.8, 4) is 11.5 Å². The van der Waals surface area contributed by atoms with E-state index in [2.05, 4.69) is 4.99 Å². The maximum absolute atomic E-state index is 12.3. The van der Waals surface area contributed by atoms with Gasteiger partial charge in [-0.2, -0.15) is 0 Å². The Morgan fingerprint density at radius 1 is 1.11 bits per heavy atom. The number of thioether (sulfide) groups is 1. The summed E-state index contributed by atoms with van der Waals surface area (Å²) < 4.78 is 10.6. The first-order valence-corrected chi connectivity index (χ1v) is 9.93. The van der Waals surface area contributed by atoms with Crippen LogP contribution in [0, 0.1) is 0 Å². The second kappa shape index (κ2) is 8.87. The number of methoxy groups -OCH3 is 2. The molecule has 0 unspecified atom stereocenters. The molecule has 1 heterocycles. The largest absolute Gasteiger partial charge is 0.493 e. The molecule has 2 aromatic carbocycles. The Balaban J connectivity index is 1.76. The topological polar surface area (TPSA) is 51.1 Å². The zero-order valence-corrected chi connectivity index (χ0v) is 17.2. The number of amidine groups is 1. The van der Waals surface area contributed by atoms with Gasteiger partial charge in [0.2, 0.25) is 5.91 Å². The molecule has 0 bridgehead atoms. The average Bonchev–Trinajstić information content (AvgIpc) is 3.01. The highest BCUT2D eigenvalue weighted by atomic mass is 35.5. The number of ether oxygens (including phenoxy) is 2. The molecule has 1 aliphatic rings. The lowest BCUT2D eigenvalue weighted by molar-refractivity contribution is -0.124. The van der Waals surface area contributed by atoms with Crippen molar-refractivity contribution in [1.29, 1.82) is 0 Å². The van der Waals surface area contributed by atoms with Crippen molar-refractivity contribution in [2.45, 2.75) is 6.42 Å². The van der Waals surface area contributed by atoms with Crippen molar-refractivity contribution >= 4 is 51.7 Å². The second-order valence-electron chi connectivity index (χ2n) is 5.76. The van der Waals surface area contributed by atoms with Crippen LogP contribution in [0.5, 0.6) is 11.5 Å². The number of amides is 1. The molecule has 2 aromatic rings. The van der Waals surface area contributed by atoms with Gasteiger partial charge in [-0.3, -0.25) is 9.69 Å². The van der Waals surface area contributed by atoms with Gasteiger partial charge in [-0.1, -0.05) is 41.0 Å². The molecule has 1 amide bonds. The molecule has 1 aliphatic heterocycles. The molecule has 1 fully saturated rings. The Kier molecular flexibility index (Phi) is 6.52. The van der Waals surface area contributed by atoms with Gasteiger partial charge in [0.25, 0.3) is 0 Å². The van der Waals surface area contributed by atoms with Crippen LogP contribution in [0.4, 0.5) is 5.69 Å². The lowest BCUT2D eigenvalue weighted by Gasteiger charge is -2.17. The van der Waals surface area contributed by atoms with Crippen molar-refractivity contribution in [3.63, 3.8) is 0 Å². The predicted molar refractivity (Wildman–Crippen MR) is 111 cm³/mol. The molecule has 142 valence electrons. The first-order chi connectivity index (χ1) is 13.0. The number of hydrogen-bond donors (Lipinski definition) is 0. The Hall–Kier alpha value is -1.89. The quantitative estimate of drug-likeness (QED) is 0.666. The molecule has 3 rings (SSSR count). The fourth-order valence-electron chi connectivity index (χ4n) is 2.65. The zero-order valence-electron chi connectivity index (χ0n) is 14.9. The molecule has 0 radical (unpaired) electrons. The molecule has 8 heteroatoms. The van der Waals surface area contributed by atoms with Crippen molar-refractivity contribution in [2.24, 2.45) is 4.99 Å². The molecule has 5 nitrogen and oxygen atoms in total. The van der Waals surface area contributed by atoms with Crippen LogP contribution in [0.25, 0.3) is 0 Å². The van der Waals surface area contributed by atoms with Crippen LogP contribution in [0.3, 0.4) is 0 Å². The summed E-state index contributed by atoms with van der Waals surface area (Å²) in [4.78, 5) is 18.5. The van der Waals surface area contributed by atoms with Crippen molar-refractivity contribution in [3.05, 3.63) is 52.0 Å². The molecule has 0 spiro atoms. The Morgan fingerprint density at radius 2 is 1.89 bits per heavy atom. The van der Waals surface area contributed by atoms with E-state index in [0.717, 1.165) is 5.56 Å². The van der Waals surface area contributed by atoms with Gasteiger partial charge in [-0.15, -0.1) is 0 Å². The number of carbonyl (C=O) groups is 1. The molecule has 0 saturated carbocycles. The normalized spacial score (nSPS) is 15.5. The van der Waals surface area contributed by atoms with E-state index in [1.54, 1.807) is 37.3 Å². The van der Waals surface area contributed by atoms with Crippen molar-refractivity contribution in [1.82, 2.24) is 4.90 Å². The molecular weight excluding hydrogens is 407 g/mol. The number of aliphatic imine (C=N–C) groups is 1. The third-order valence-electron chi connectivity index (χ3n) is 4.05. The van der Waals surface area contributed by atoms with Crippen LogP contribution in [-0.4, -0.2) is 42.5 Å². The maximum atomic E-state index is 12.3. The Labute approximate surface area is 172 Å². The zero-order chi connectivity index (χ0) is 19.4. The van der Waals surface area contributed by atoms with E-state index in [1.807, 2.05) is 18.2 Å². The number of rotatable bonds is 6. The van der Waals surface area contributed by atoms with Crippen molar-refractivity contribution < 1.29 is 14.3 Å². The lowest BCUT2D eigenvalue weighted by Crippen LogP contribution is -2.31. The number of carbonyl (C=O) groups excluding carboxylic acids is 1. The summed E-state index contributed by atoms with van der Waals surface area (Å²) in [5.41, 5.74) is 1.63. The van der Waals surface area contributed by atoms with E-state index in [-0.39, 0.29) is 5.91 Å². The molecule has 0 atom stereocenters. The number of nitrogens with zero attached hydrogens (tertiary/aromatic N) is 2. The fourth-order valence-corrected chi connectivity index (χ4v) is 4.02. The minimum Gasteiger partial charge on any atom is -0.493 e. The van der Waals surface area contributed by atoms with Gasteiger partial charge in [0.15, 0.2) is 16.7 Å². The van der Waals surface area contributed by atoms with Crippen LogP contribution in [-0.2, 0) is 11.2 Å². The maximum Gasteiger partial charge on any atom is 0.239 e. The highest BCUT2D eigenvalue weighted by Crippen LogP contribution is 2.32. The highest BCUT2D eigenvalue weighted by Gasteiger charge is 2.28. The number of benzene rings is 2. The number of halogens is 2. The summed E-state index contributed by atoms with van der Waals surface area (Å²) in [6.45, 7) is 0.519. The Bertz CT molecular complexity index is 889. The molecular formula is C19H18Cl2N2O3S. The average molecular weight is 425 g/mol. The third kappa shape index (κ3) is 4.69. The summed E-state index contributed by atoms with van der Waals surface area (Å²) in [5, 5.41) is 1.64. The molecule has 1 saturated heterocycles. The summed E-state index contributed by atoms with van der Waals surface area (Å²) >= 11 is 13.5. The fraction of sp³-hybridized carbons (Fsp3) is 0.263. The van der Waals surface area contributed by atoms with Gasteiger partial charge in [-0.05, 0) is 42.3 Å². The van der Waals surface area contributed by atoms with Gasteiger partial charge >= 0.3 is 0 Å². The molecule has 0 aliphatic carbocycles. The lowest BCUT2D eigenvalue weighted by atomic mass is 10.1. The number of hydrogen-bond acceptors (Lipinski definition) is 5. The Morgan fingerprint density at radius 3 is 2.59 bits per heavy atom. The standard InChI is InChI=1S/C19H18Cl2N2O3S/c1-25-16-6-3-12(9-17(16)26-2)7-8-23-18(24)11-27-19(23)22-15-5-4-13(20)10-14(15)21/h3-6,9-10H,7-8,11H2,1-2H3. The minimum atomic E-state index is 0.0318. The van der Waals surface area contributed by atoms with E-state index in [1.165, 1.54) is 11.8 Å². The minimum absolute atomic E-state index is 0.0318. The van der Waals surface area contributed by atoms with Crippen LogP contribution in [0.1, 0.15) is 5.56 Å². The molecule has 0 N–H and O–H groups in total. The first-order valence-electron chi connectivity index (χ1n) is 8.19. The second-order valence-corrected chi connectivity index (χ2v) is 7.55. The van der Waals surface area contributed by atoms with Gasteiger partial charge < -0.3 is 9.47 Å². The third-order valence-corrected chi connectivity index (χ3v) is 5.55. The van der Waals surface area contributed by atoms with E-state index in [4.69, 9.17) is 32.7 Å². The van der Waals surface area contributed by atoms with Crippen LogP contribution in [0.2, 0.25) is 10.0 Å². The van der Waals surface area contributed by atoms with Crippen LogP contribution >= 0.6 is 35.0 Å². The van der Waals surface area contributed by atoms with Crippen LogP contribution in [0.15, 0.2) is 41.4 Å². The monoisotopic (exact) mass is 424 g/mol. The smallest absolute Gasteiger partial charge is 0.239 e. The molecule has 0 aromatic heterocycles. The van der Waals surface area contributed by atoms with E-state index in [0.29, 0.717) is 51.1 Å². The highest BCUT2D eigenvalue weighted by molar-refractivity contribution is 8.15. The van der Waals surface area contributed by atoms with Gasteiger partial charge in [0, 0.05) is 11.6 Å². The molecule has 27 heavy (non-hydrogen) atoms. The SMILES string of the molecule is COc1ccc(CCN2C(=O)CSC2=Nc2ccc(Cl)cc2Cl)cc1OC. The predicted octanol–water partition coefficient (Wildman–Crippen LogP) is 4.82. The summed E-state index contributed by atoms with van der Waals surface area (Å²) in [6, 6.07) is 10.8. The van der Waals surface area contributed by atoms with Crippen molar-refractivity contribution in [2.75, 3.05) is 26.5 Å². The van der Waals surface area contributed by atoms with E-state index in [9.17, 15) is 4.79 Å². The van der Waals surface area contributed by atoms with E-state index < -0.39 is 0 Å².